The van der Waals surface area contributed by atoms with Gasteiger partial charge in [0.1, 0.15) is 5.75 Å². The van der Waals surface area contributed by atoms with Crippen LogP contribution in [0.2, 0.25) is 0 Å². The average molecular weight is 413 g/mol. The van der Waals surface area contributed by atoms with Gasteiger partial charge < -0.3 is 19.9 Å². The largest absolute Gasteiger partial charge is 0.491 e. The van der Waals surface area contributed by atoms with Crippen LogP contribution in [-0.4, -0.2) is 55.3 Å². The SMILES string of the molecule is CC(C)Oc1cccc(C(=O)NC(=S)Nc2ccccc2N2CCN(C)CC2)c1. The van der Waals surface area contributed by atoms with Crippen LogP contribution in [0.15, 0.2) is 48.5 Å². The van der Waals surface area contributed by atoms with Crippen LogP contribution in [0.5, 0.6) is 5.75 Å². The average Bonchev–Trinajstić information content (AvgIpc) is 2.69. The molecule has 0 aromatic heterocycles. The van der Waals surface area contributed by atoms with Gasteiger partial charge in [-0.1, -0.05) is 18.2 Å². The van der Waals surface area contributed by atoms with Crippen LogP contribution >= 0.6 is 12.2 Å². The maximum Gasteiger partial charge on any atom is 0.257 e. The summed E-state index contributed by atoms with van der Waals surface area (Å²) >= 11 is 5.39. The molecule has 29 heavy (non-hydrogen) atoms. The summed E-state index contributed by atoms with van der Waals surface area (Å²) < 4.78 is 5.66. The molecule has 1 aliphatic rings. The molecule has 0 saturated carbocycles. The standard InChI is InChI=1S/C22H28N4O2S/c1-16(2)28-18-8-6-7-17(15-18)21(27)24-22(29)23-19-9-4-5-10-20(19)26-13-11-25(3)12-14-26/h4-10,15-16H,11-14H2,1-3H3,(H2,23,24,27,29). The lowest BCUT2D eigenvalue weighted by atomic mass is 10.2. The first kappa shape index (κ1) is 21.1. The first-order valence-corrected chi connectivity index (χ1v) is 10.2. The van der Waals surface area contributed by atoms with Gasteiger partial charge in [0, 0.05) is 31.7 Å². The highest BCUT2D eigenvalue weighted by Crippen LogP contribution is 2.26. The molecule has 1 fully saturated rings. The molecule has 0 unspecified atom stereocenters. The van der Waals surface area contributed by atoms with Crippen LogP contribution in [0.1, 0.15) is 24.2 Å². The lowest BCUT2D eigenvalue weighted by Gasteiger charge is -2.35. The van der Waals surface area contributed by atoms with E-state index < -0.39 is 0 Å². The van der Waals surface area contributed by atoms with Crippen molar-refractivity contribution in [2.45, 2.75) is 20.0 Å². The highest BCUT2D eigenvalue weighted by molar-refractivity contribution is 7.80. The van der Waals surface area contributed by atoms with Crippen molar-refractivity contribution in [3.05, 3.63) is 54.1 Å². The number of nitrogens with one attached hydrogen (secondary N) is 2. The molecule has 2 aromatic carbocycles. The van der Waals surface area contributed by atoms with Crippen molar-refractivity contribution in [1.82, 2.24) is 10.2 Å². The summed E-state index contributed by atoms with van der Waals surface area (Å²) in [6, 6.07) is 15.1. The predicted molar refractivity (Wildman–Crippen MR) is 122 cm³/mol. The molecular weight excluding hydrogens is 384 g/mol. The number of hydrogen-bond donors (Lipinski definition) is 2. The van der Waals surface area contributed by atoms with Gasteiger partial charge in [-0.2, -0.15) is 0 Å². The van der Waals surface area contributed by atoms with E-state index in [9.17, 15) is 4.79 Å². The quantitative estimate of drug-likeness (QED) is 0.735. The van der Waals surface area contributed by atoms with E-state index >= 15 is 0 Å². The summed E-state index contributed by atoms with van der Waals surface area (Å²) in [5.74, 6) is 0.390. The Kier molecular flexibility index (Phi) is 7.06. The Bertz CT molecular complexity index is 863. The first-order chi connectivity index (χ1) is 13.9. The van der Waals surface area contributed by atoms with Gasteiger partial charge in [0.25, 0.3) is 5.91 Å². The fourth-order valence-corrected chi connectivity index (χ4v) is 3.42. The van der Waals surface area contributed by atoms with E-state index in [0.29, 0.717) is 11.3 Å². The minimum Gasteiger partial charge on any atom is -0.491 e. The maximum atomic E-state index is 12.6. The Balaban J connectivity index is 1.65. The van der Waals surface area contributed by atoms with E-state index in [1.54, 1.807) is 18.2 Å². The number of carbonyl (C=O) groups is 1. The molecular formula is C22H28N4O2S. The van der Waals surface area contributed by atoms with E-state index in [-0.39, 0.29) is 17.1 Å². The van der Waals surface area contributed by atoms with Crippen LogP contribution in [0.25, 0.3) is 0 Å². The summed E-state index contributed by atoms with van der Waals surface area (Å²) in [5.41, 5.74) is 2.48. The van der Waals surface area contributed by atoms with Crippen molar-refractivity contribution < 1.29 is 9.53 Å². The number of benzene rings is 2. The van der Waals surface area contributed by atoms with Crippen molar-refractivity contribution in [2.75, 3.05) is 43.4 Å². The van der Waals surface area contributed by atoms with E-state index in [1.807, 2.05) is 38.1 Å². The van der Waals surface area contributed by atoms with Gasteiger partial charge >= 0.3 is 0 Å². The second kappa shape index (κ2) is 9.71. The van der Waals surface area contributed by atoms with Crippen LogP contribution in [0.3, 0.4) is 0 Å². The number of rotatable bonds is 5. The number of thiocarbonyl (C=S) groups is 1. The number of para-hydroxylation sites is 2. The summed E-state index contributed by atoms with van der Waals surface area (Å²) in [5, 5.41) is 6.21. The lowest BCUT2D eigenvalue weighted by Crippen LogP contribution is -2.45. The van der Waals surface area contributed by atoms with Crippen molar-refractivity contribution in [1.29, 1.82) is 0 Å². The van der Waals surface area contributed by atoms with Gasteiger partial charge in [-0.3, -0.25) is 10.1 Å². The summed E-state index contributed by atoms with van der Waals surface area (Å²) in [7, 11) is 2.13. The van der Waals surface area contributed by atoms with E-state index in [4.69, 9.17) is 17.0 Å². The van der Waals surface area contributed by atoms with Gasteiger partial charge in [-0.05, 0) is 63.4 Å². The number of carbonyl (C=O) groups excluding carboxylic acids is 1. The van der Waals surface area contributed by atoms with Crippen molar-refractivity contribution in [3.8, 4) is 5.75 Å². The zero-order valence-electron chi connectivity index (χ0n) is 17.1. The minimum absolute atomic E-state index is 0.0436. The van der Waals surface area contributed by atoms with E-state index in [1.165, 1.54) is 0 Å². The van der Waals surface area contributed by atoms with E-state index in [0.717, 1.165) is 37.6 Å². The van der Waals surface area contributed by atoms with Crippen LogP contribution in [0, 0.1) is 0 Å². The molecule has 0 bridgehead atoms. The zero-order valence-corrected chi connectivity index (χ0v) is 18.0. The van der Waals surface area contributed by atoms with E-state index in [2.05, 4.69) is 33.5 Å². The predicted octanol–water partition coefficient (Wildman–Crippen LogP) is 3.35. The second-order valence-electron chi connectivity index (χ2n) is 7.41. The number of anilines is 2. The number of likely N-dealkylation sites (N-methyl/N-ethyl adjacent to an activating group) is 1. The summed E-state index contributed by atoms with van der Waals surface area (Å²) in [4.78, 5) is 17.2. The van der Waals surface area contributed by atoms with Crippen LogP contribution in [0.4, 0.5) is 11.4 Å². The van der Waals surface area contributed by atoms with Crippen LogP contribution in [-0.2, 0) is 0 Å². The Morgan fingerprint density at radius 1 is 1.07 bits per heavy atom. The number of ether oxygens (including phenoxy) is 1. The normalized spacial score (nSPS) is 14.6. The van der Waals surface area contributed by atoms with Crippen molar-refractivity contribution >= 4 is 34.6 Å². The Hall–Kier alpha value is -2.64. The van der Waals surface area contributed by atoms with Gasteiger partial charge in [0.05, 0.1) is 17.5 Å². The minimum atomic E-state index is -0.270. The third-order valence-electron chi connectivity index (χ3n) is 4.69. The van der Waals surface area contributed by atoms with Gasteiger partial charge in [-0.15, -0.1) is 0 Å². The lowest BCUT2D eigenvalue weighted by molar-refractivity contribution is 0.0977. The maximum absolute atomic E-state index is 12.6. The molecule has 3 rings (SSSR count). The number of piperazine rings is 1. The molecule has 6 nitrogen and oxygen atoms in total. The smallest absolute Gasteiger partial charge is 0.257 e. The molecule has 1 amide bonds. The third kappa shape index (κ3) is 5.92. The number of amides is 1. The van der Waals surface area contributed by atoms with Crippen LogP contribution < -0.4 is 20.3 Å². The fourth-order valence-electron chi connectivity index (χ4n) is 3.21. The Morgan fingerprint density at radius 2 is 1.79 bits per heavy atom. The molecule has 7 heteroatoms. The molecule has 0 radical (unpaired) electrons. The Labute approximate surface area is 177 Å². The molecule has 2 N–H and O–H groups in total. The zero-order chi connectivity index (χ0) is 20.8. The number of nitrogens with zero attached hydrogens (tertiary/aromatic N) is 2. The van der Waals surface area contributed by atoms with Gasteiger partial charge in [-0.25, -0.2) is 0 Å². The monoisotopic (exact) mass is 412 g/mol. The number of hydrogen-bond acceptors (Lipinski definition) is 5. The summed E-state index contributed by atoms with van der Waals surface area (Å²) in [6.45, 7) is 7.84. The molecule has 1 aliphatic heterocycles. The van der Waals surface area contributed by atoms with Crippen molar-refractivity contribution in [3.63, 3.8) is 0 Å². The fraction of sp³-hybridized carbons (Fsp3) is 0.364. The highest BCUT2D eigenvalue weighted by atomic mass is 32.1. The molecule has 2 aromatic rings. The molecule has 0 atom stereocenters. The molecule has 0 aliphatic carbocycles. The van der Waals surface area contributed by atoms with Crippen molar-refractivity contribution in [2.24, 2.45) is 0 Å². The highest BCUT2D eigenvalue weighted by Gasteiger charge is 2.17. The molecule has 1 saturated heterocycles. The summed E-state index contributed by atoms with van der Waals surface area (Å²) in [6.07, 6.45) is 0.0436. The second-order valence-corrected chi connectivity index (χ2v) is 7.82. The first-order valence-electron chi connectivity index (χ1n) is 9.84. The third-order valence-corrected chi connectivity index (χ3v) is 4.90. The molecule has 0 spiro atoms. The van der Waals surface area contributed by atoms with Gasteiger partial charge in [0.2, 0.25) is 0 Å². The van der Waals surface area contributed by atoms with Gasteiger partial charge in [0.15, 0.2) is 5.11 Å². The topological polar surface area (TPSA) is 56.8 Å². The Morgan fingerprint density at radius 3 is 2.52 bits per heavy atom. The molecule has 1 heterocycles. The molecule has 154 valence electrons.